The highest BCUT2D eigenvalue weighted by Gasteiger charge is 2.28. The van der Waals surface area contributed by atoms with E-state index < -0.39 is 16.0 Å². The minimum Gasteiger partial charge on any atom is -0.478 e. The Hall–Kier alpha value is -1.93. The van der Waals surface area contributed by atoms with Crippen molar-refractivity contribution < 1.29 is 23.1 Å². The smallest absolute Gasteiger partial charge is 0.335 e. The number of aromatic carboxylic acids is 1. The molecule has 0 aliphatic carbocycles. The first-order chi connectivity index (χ1) is 10.8. The molecule has 1 aromatic carbocycles. The number of hydrogen-bond acceptors (Lipinski definition) is 4. The molecule has 23 heavy (non-hydrogen) atoms. The number of carbonyl (C=O) groups excluding carboxylic acids is 1. The zero-order valence-corrected chi connectivity index (χ0v) is 13.8. The summed E-state index contributed by atoms with van der Waals surface area (Å²) >= 11 is 0. The Morgan fingerprint density at radius 2 is 2.09 bits per heavy atom. The van der Waals surface area contributed by atoms with Crippen molar-refractivity contribution in [1.82, 2.24) is 9.21 Å². The molecule has 0 unspecified atom stereocenters. The maximum absolute atomic E-state index is 12.2. The topological polar surface area (TPSA) is 95.0 Å². The molecular weight excluding hydrogens is 320 g/mol. The minimum atomic E-state index is -3.15. The van der Waals surface area contributed by atoms with Gasteiger partial charge in [-0.2, -0.15) is 0 Å². The highest BCUT2D eigenvalue weighted by molar-refractivity contribution is 7.89. The second-order valence-corrected chi connectivity index (χ2v) is 7.65. The van der Waals surface area contributed by atoms with Crippen molar-refractivity contribution in [2.75, 3.05) is 32.4 Å². The minimum absolute atomic E-state index is 0.0877. The van der Waals surface area contributed by atoms with Crippen LogP contribution < -0.4 is 0 Å². The van der Waals surface area contributed by atoms with Crippen molar-refractivity contribution >= 4 is 21.9 Å². The number of hydrogen-bond donors (Lipinski definition) is 1. The van der Waals surface area contributed by atoms with Gasteiger partial charge in [-0.1, -0.05) is 12.1 Å². The van der Waals surface area contributed by atoms with Gasteiger partial charge in [0.25, 0.3) is 0 Å². The van der Waals surface area contributed by atoms with Gasteiger partial charge in [-0.3, -0.25) is 4.79 Å². The quantitative estimate of drug-likeness (QED) is 0.810. The van der Waals surface area contributed by atoms with Gasteiger partial charge in [0.05, 0.1) is 17.7 Å². The molecule has 0 radical (unpaired) electrons. The lowest BCUT2D eigenvalue weighted by Gasteiger charge is -2.21. The van der Waals surface area contributed by atoms with Gasteiger partial charge in [0, 0.05) is 26.7 Å². The monoisotopic (exact) mass is 340 g/mol. The third-order valence-corrected chi connectivity index (χ3v) is 5.80. The van der Waals surface area contributed by atoms with Crippen LogP contribution in [-0.2, 0) is 21.2 Å². The van der Waals surface area contributed by atoms with Crippen LogP contribution in [-0.4, -0.2) is 67.0 Å². The molecule has 0 bridgehead atoms. The Bertz CT molecular complexity index is 702. The van der Waals surface area contributed by atoms with Gasteiger partial charge in [0.15, 0.2) is 0 Å². The van der Waals surface area contributed by atoms with Crippen molar-refractivity contribution in [3.63, 3.8) is 0 Å². The number of carbonyl (C=O) groups is 2. The van der Waals surface area contributed by atoms with Crippen LogP contribution in [0.15, 0.2) is 24.3 Å². The molecule has 1 amide bonds. The van der Waals surface area contributed by atoms with Gasteiger partial charge in [0.2, 0.25) is 15.9 Å². The Kier molecular flexibility index (Phi) is 5.38. The number of rotatable bonds is 6. The van der Waals surface area contributed by atoms with Crippen molar-refractivity contribution in [1.29, 1.82) is 0 Å². The van der Waals surface area contributed by atoms with Crippen LogP contribution in [0.4, 0.5) is 0 Å². The van der Waals surface area contributed by atoms with E-state index in [0.717, 1.165) is 0 Å². The summed E-state index contributed by atoms with van der Waals surface area (Å²) in [6.45, 7) is 1.11. The van der Waals surface area contributed by atoms with Gasteiger partial charge >= 0.3 is 5.97 Å². The van der Waals surface area contributed by atoms with E-state index in [2.05, 4.69) is 0 Å². The van der Waals surface area contributed by atoms with E-state index in [1.54, 1.807) is 19.2 Å². The molecule has 8 heteroatoms. The van der Waals surface area contributed by atoms with Crippen LogP contribution in [0.5, 0.6) is 0 Å². The summed E-state index contributed by atoms with van der Waals surface area (Å²) in [5.74, 6) is -1.04. The molecule has 2 rings (SSSR count). The third-order valence-electron chi connectivity index (χ3n) is 3.84. The van der Waals surface area contributed by atoms with E-state index in [9.17, 15) is 18.0 Å². The summed E-state index contributed by atoms with van der Waals surface area (Å²) in [5.41, 5.74) is 0.761. The standard InChI is InChI=1S/C15H20N2O5S/c1-16(7-8-17-6-3-9-23(17,21)22)14(18)11-12-4-2-5-13(10-12)15(19)20/h2,4-5,10H,3,6-9,11H2,1H3,(H,19,20). The van der Waals surface area contributed by atoms with E-state index in [1.165, 1.54) is 21.3 Å². The van der Waals surface area contributed by atoms with Gasteiger partial charge in [0.1, 0.15) is 0 Å². The lowest BCUT2D eigenvalue weighted by atomic mass is 10.1. The molecule has 1 aliphatic rings. The van der Waals surface area contributed by atoms with Gasteiger partial charge in [-0.05, 0) is 24.1 Å². The lowest BCUT2D eigenvalue weighted by Crippen LogP contribution is -2.37. The van der Waals surface area contributed by atoms with Crippen LogP contribution in [0, 0.1) is 0 Å². The first-order valence-electron chi connectivity index (χ1n) is 7.33. The Morgan fingerprint density at radius 1 is 1.35 bits per heavy atom. The van der Waals surface area contributed by atoms with Crippen molar-refractivity contribution in [2.45, 2.75) is 12.8 Å². The molecule has 1 fully saturated rings. The molecule has 1 aromatic rings. The summed E-state index contributed by atoms with van der Waals surface area (Å²) in [4.78, 5) is 24.6. The average Bonchev–Trinajstić information content (AvgIpc) is 2.83. The molecule has 0 aromatic heterocycles. The molecule has 1 N–H and O–H groups in total. The van der Waals surface area contributed by atoms with Crippen molar-refractivity contribution in [3.8, 4) is 0 Å². The number of sulfonamides is 1. The van der Waals surface area contributed by atoms with E-state index in [1.807, 2.05) is 0 Å². The summed E-state index contributed by atoms with van der Waals surface area (Å²) in [6.07, 6.45) is 0.715. The fraction of sp³-hybridized carbons (Fsp3) is 0.467. The Balaban J connectivity index is 1.90. The number of benzene rings is 1. The van der Waals surface area contributed by atoms with Crippen molar-refractivity contribution in [3.05, 3.63) is 35.4 Å². The van der Waals surface area contributed by atoms with Crippen LogP contribution in [0.2, 0.25) is 0 Å². The number of likely N-dealkylation sites (N-methyl/N-ethyl adjacent to an activating group) is 1. The summed E-state index contributed by atoms with van der Waals surface area (Å²) in [7, 11) is -1.54. The highest BCUT2D eigenvalue weighted by atomic mass is 32.2. The molecule has 1 aliphatic heterocycles. The van der Waals surface area contributed by atoms with Crippen LogP contribution in [0.1, 0.15) is 22.3 Å². The largest absolute Gasteiger partial charge is 0.478 e. The van der Waals surface area contributed by atoms with Crippen molar-refractivity contribution in [2.24, 2.45) is 0 Å². The molecule has 0 saturated carbocycles. The molecule has 7 nitrogen and oxygen atoms in total. The number of carboxylic acid groups (broad SMARTS) is 1. The predicted molar refractivity (Wildman–Crippen MR) is 84.7 cm³/mol. The second-order valence-electron chi connectivity index (χ2n) is 5.57. The van der Waals surface area contributed by atoms with E-state index in [-0.39, 0.29) is 23.6 Å². The Morgan fingerprint density at radius 3 is 2.70 bits per heavy atom. The molecule has 126 valence electrons. The first kappa shape index (κ1) is 17.4. The number of nitrogens with zero attached hydrogens (tertiary/aromatic N) is 2. The van der Waals surface area contributed by atoms with E-state index in [4.69, 9.17) is 5.11 Å². The average molecular weight is 340 g/mol. The van der Waals surface area contributed by atoms with Crippen LogP contribution in [0.3, 0.4) is 0 Å². The molecule has 1 saturated heterocycles. The first-order valence-corrected chi connectivity index (χ1v) is 8.94. The van der Waals surface area contributed by atoms with Gasteiger partial charge in [-0.25, -0.2) is 17.5 Å². The second kappa shape index (κ2) is 7.10. The van der Waals surface area contributed by atoms with Gasteiger partial charge in [-0.15, -0.1) is 0 Å². The third kappa shape index (κ3) is 4.52. The predicted octanol–water partition coefficient (Wildman–Crippen LogP) is 0.421. The number of amides is 1. The summed E-state index contributed by atoms with van der Waals surface area (Å²) in [5, 5.41) is 8.95. The van der Waals surface area contributed by atoms with Crippen LogP contribution >= 0.6 is 0 Å². The summed E-state index contributed by atoms with van der Waals surface area (Å²) < 4.78 is 24.8. The van der Waals surface area contributed by atoms with Crippen LogP contribution in [0.25, 0.3) is 0 Å². The number of carboxylic acids is 1. The SMILES string of the molecule is CN(CCN1CCCS1(=O)=O)C(=O)Cc1cccc(C(=O)O)c1. The zero-order valence-electron chi connectivity index (χ0n) is 12.9. The van der Waals surface area contributed by atoms with E-state index >= 15 is 0 Å². The maximum atomic E-state index is 12.2. The fourth-order valence-electron chi connectivity index (χ4n) is 2.45. The highest BCUT2D eigenvalue weighted by Crippen LogP contribution is 2.13. The molecule has 1 heterocycles. The molecule has 0 spiro atoms. The maximum Gasteiger partial charge on any atom is 0.335 e. The van der Waals surface area contributed by atoms with Gasteiger partial charge < -0.3 is 10.0 Å². The van der Waals surface area contributed by atoms with E-state index in [0.29, 0.717) is 31.6 Å². The normalized spacial score (nSPS) is 17.1. The molecular formula is C15H20N2O5S. The zero-order chi connectivity index (χ0) is 17.0. The Labute approximate surface area is 135 Å². The summed E-state index contributed by atoms with van der Waals surface area (Å²) in [6, 6.07) is 6.24. The lowest BCUT2D eigenvalue weighted by molar-refractivity contribution is -0.129. The fourth-order valence-corrected chi connectivity index (χ4v) is 3.97. The molecule has 0 atom stereocenters.